The maximum atomic E-state index is 11.8. The summed E-state index contributed by atoms with van der Waals surface area (Å²) in [7, 11) is 0. The lowest BCUT2D eigenvalue weighted by molar-refractivity contribution is -0.168. The van der Waals surface area contributed by atoms with Crippen molar-refractivity contribution in [2.24, 2.45) is 0 Å². The van der Waals surface area contributed by atoms with Gasteiger partial charge in [-0.3, -0.25) is 9.59 Å². The summed E-state index contributed by atoms with van der Waals surface area (Å²) in [6.07, 6.45) is 14.1. The molecule has 0 radical (unpaired) electrons. The van der Waals surface area contributed by atoms with Gasteiger partial charge in [0.15, 0.2) is 12.4 Å². The Balaban J connectivity index is 3.76. The second-order valence-corrected chi connectivity index (χ2v) is 7.80. The van der Waals surface area contributed by atoms with E-state index in [-0.39, 0.29) is 12.7 Å². The van der Waals surface area contributed by atoms with E-state index in [0.29, 0.717) is 6.42 Å². The molecule has 180 valence electrons. The van der Waals surface area contributed by atoms with Crippen molar-refractivity contribution in [1.29, 1.82) is 0 Å². The molecule has 0 unspecified atom stereocenters. The molecule has 0 bridgehead atoms. The Bertz CT molecular complexity index is 504. The van der Waals surface area contributed by atoms with Gasteiger partial charge in [0.1, 0.15) is 18.3 Å². The molecule has 0 amide bonds. The topological polar surface area (TPSA) is 124 Å². The summed E-state index contributed by atoms with van der Waals surface area (Å²) in [5.41, 5.74) is 0. The lowest BCUT2D eigenvalue weighted by Crippen LogP contribution is -2.48. The number of aliphatic hydroxyl groups is 4. The van der Waals surface area contributed by atoms with Crippen LogP contribution in [0.15, 0.2) is 24.3 Å². The predicted octanol–water partition coefficient (Wildman–Crippen LogP) is 2.99. The molecular weight excluding hydrogens is 400 g/mol. The Hall–Kier alpha value is -1.54. The molecule has 0 heterocycles. The standard InChI is InChI=1S/C24H42O7/c1-2-3-4-5-6-7-8-9-10-11-12-13-14-15-16-17-22(28)31-21(19-26)24(30)23(29)20(27)18-25/h6-7,9-10,19-21,23-25,27,29-30H,2-5,8,11-18H2,1H3/t20-,21+,23-,24-/m1/s1. The molecule has 0 saturated carbocycles. The van der Waals surface area contributed by atoms with Crippen LogP contribution in [0.3, 0.4) is 0 Å². The Labute approximate surface area is 186 Å². The Morgan fingerprint density at radius 1 is 0.839 bits per heavy atom. The quantitative estimate of drug-likeness (QED) is 0.0989. The summed E-state index contributed by atoms with van der Waals surface area (Å²) < 4.78 is 4.87. The van der Waals surface area contributed by atoms with Gasteiger partial charge in [0.25, 0.3) is 0 Å². The molecule has 0 saturated heterocycles. The van der Waals surface area contributed by atoms with Crippen molar-refractivity contribution < 1.29 is 34.8 Å². The number of aldehydes is 1. The van der Waals surface area contributed by atoms with Crippen LogP contribution in [0.2, 0.25) is 0 Å². The van der Waals surface area contributed by atoms with E-state index in [0.717, 1.165) is 38.5 Å². The first-order chi connectivity index (χ1) is 15.0. The van der Waals surface area contributed by atoms with E-state index in [2.05, 4.69) is 31.2 Å². The maximum Gasteiger partial charge on any atom is 0.306 e. The van der Waals surface area contributed by atoms with Crippen LogP contribution in [0, 0.1) is 0 Å². The molecule has 0 aromatic heterocycles. The molecule has 7 nitrogen and oxygen atoms in total. The molecule has 31 heavy (non-hydrogen) atoms. The molecule has 0 spiro atoms. The molecule has 0 aliphatic carbocycles. The normalized spacial score (nSPS) is 15.8. The van der Waals surface area contributed by atoms with Crippen LogP contribution in [0.25, 0.3) is 0 Å². The number of esters is 1. The fourth-order valence-electron chi connectivity index (χ4n) is 3.00. The molecule has 4 N–H and O–H groups in total. The number of aliphatic hydroxyl groups excluding tert-OH is 4. The van der Waals surface area contributed by atoms with Crippen molar-refractivity contribution in [1.82, 2.24) is 0 Å². The van der Waals surface area contributed by atoms with Crippen LogP contribution in [-0.4, -0.2) is 63.7 Å². The van der Waals surface area contributed by atoms with Gasteiger partial charge in [0.2, 0.25) is 0 Å². The highest BCUT2D eigenvalue weighted by molar-refractivity contribution is 5.72. The third-order valence-electron chi connectivity index (χ3n) is 5.00. The second-order valence-electron chi connectivity index (χ2n) is 7.80. The third-order valence-corrected chi connectivity index (χ3v) is 5.00. The van der Waals surface area contributed by atoms with Gasteiger partial charge in [-0.2, -0.15) is 0 Å². The van der Waals surface area contributed by atoms with Crippen molar-refractivity contribution in [2.75, 3.05) is 6.61 Å². The zero-order valence-electron chi connectivity index (χ0n) is 18.9. The largest absolute Gasteiger partial charge is 0.452 e. The van der Waals surface area contributed by atoms with Crippen molar-refractivity contribution in [3.63, 3.8) is 0 Å². The average molecular weight is 443 g/mol. The summed E-state index contributed by atoms with van der Waals surface area (Å²) in [5, 5.41) is 37.5. The fraction of sp³-hybridized carbons (Fsp3) is 0.750. The minimum Gasteiger partial charge on any atom is -0.452 e. The number of allylic oxidation sites excluding steroid dienone is 4. The maximum absolute atomic E-state index is 11.8. The second kappa shape index (κ2) is 20.4. The van der Waals surface area contributed by atoms with Crippen molar-refractivity contribution in [2.45, 2.75) is 108 Å². The number of carbonyl (C=O) groups excluding carboxylic acids is 2. The van der Waals surface area contributed by atoms with E-state index in [1.807, 2.05) is 0 Å². The van der Waals surface area contributed by atoms with E-state index in [1.165, 1.54) is 25.7 Å². The van der Waals surface area contributed by atoms with Crippen LogP contribution in [0.5, 0.6) is 0 Å². The number of hydrogen-bond acceptors (Lipinski definition) is 7. The molecule has 0 fully saturated rings. The average Bonchev–Trinajstić information content (AvgIpc) is 2.78. The zero-order valence-corrected chi connectivity index (χ0v) is 18.9. The monoisotopic (exact) mass is 442 g/mol. The minimum absolute atomic E-state index is 0.111. The Kier molecular flexibility index (Phi) is 19.4. The summed E-state index contributed by atoms with van der Waals surface area (Å²) >= 11 is 0. The molecule has 0 aromatic carbocycles. The van der Waals surface area contributed by atoms with Crippen LogP contribution in [0.1, 0.15) is 84.0 Å². The van der Waals surface area contributed by atoms with Gasteiger partial charge in [-0.05, 0) is 38.5 Å². The SMILES string of the molecule is CCCCCC=CCC=CCCCCCCCC(=O)O[C@@H](C=O)[C@@H](O)[C@H](O)[C@H](O)CO. The molecule has 0 aromatic rings. The van der Waals surface area contributed by atoms with E-state index < -0.39 is 37.0 Å². The first-order valence-electron chi connectivity index (χ1n) is 11.6. The Morgan fingerprint density at radius 3 is 2.00 bits per heavy atom. The summed E-state index contributed by atoms with van der Waals surface area (Å²) in [4.78, 5) is 22.8. The van der Waals surface area contributed by atoms with Crippen LogP contribution in [0.4, 0.5) is 0 Å². The number of ether oxygens (including phenoxy) is 1. The van der Waals surface area contributed by atoms with Gasteiger partial charge >= 0.3 is 5.97 Å². The van der Waals surface area contributed by atoms with Gasteiger partial charge in [0.05, 0.1) is 6.61 Å². The smallest absolute Gasteiger partial charge is 0.306 e. The first-order valence-corrected chi connectivity index (χ1v) is 11.6. The van der Waals surface area contributed by atoms with Crippen molar-refractivity contribution in [3.8, 4) is 0 Å². The van der Waals surface area contributed by atoms with Gasteiger partial charge in [0, 0.05) is 6.42 Å². The van der Waals surface area contributed by atoms with Crippen LogP contribution in [-0.2, 0) is 14.3 Å². The summed E-state index contributed by atoms with van der Waals surface area (Å²) in [6.45, 7) is 1.42. The highest BCUT2D eigenvalue weighted by atomic mass is 16.6. The van der Waals surface area contributed by atoms with E-state index in [9.17, 15) is 24.9 Å². The minimum atomic E-state index is -1.80. The lowest BCUT2D eigenvalue weighted by Gasteiger charge is -2.25. The molecule has 4 atom stereocenters. The van der Waals surface area contributed by atoms with Crippen LogP contribution < -0.4 is 0 Å². The number of carbonyl (C=O) groups is 2. The van der Waals surface area contributed by atoms with Gasteiger partial charge in [-0.1, -0.05) is 63.3 Å². The molecule has 7 heteroatoms. The van der Waals surface area contributed by atoms with Gasteiger partial charge < -0.3 is 25.2 Å². The first kappa shape index (κ1) is 29.5. The lowest BCUT2D eigenvalue weighted by atomic mass is 10.0. The number of hydrogen-bond donors (Lipinski definition) is 4. The summed E-state index contributed by atoms with van der Waals surface area (Å²) in [6, 6.07) is 0. The summed E-state index contributed by atoms with van der Waals surface area (Å²) in [5.74, 6) is -0.646. The van der Waals surface area contributed by atoms with Gasteiger partial charge in [-0.25, -0.2) is 0 Å². The fourth-order valence-corrected chi connectivity index (χ4v) is 3.00. The molecule has 0 rings (SSSR count). The number of unbranched alkanes of at least 4 members (excludes halogenated alkanes) is 8. The molecule has 0 aliphatic rings. The third kappa shape index (κ3) is 15.8. The number of rotatable bonds is 20. The Morgan fingerprint density at radius 2 is 1.42 bits per heavy atom. The van der Waals surface area contributed by atoms with E-state index in [1.54, 1.807) is 0 Å². The molecule has 0 aliphatic heterocycles. The zero-order chi connectivity index (χ0) is 23.3. The van der Waals surface area contributed by atoms with Crippen LogP contribution >= 0.6 is 0 Å². The van der Waals surface area contributed by atoms with E-state index >= 15 is 0 Å². The highest BCUT2D eigenvalue weighted by Gasteiger charge is 2.33. The van der Waals surface area contributed by atoms with E-state index in [4.69, 9.17) is 9.84 Å². The van der Waals surface area contributed by atoms with Crippen molar-refractivity contribution >= 4 is 12.3 Å². The van der Waals surface area contributed by atoms with Crippen molar-refractivity contribution in [3.05, 3.63) is 24.3 Å². The highest BCUT2D eigenvalue weighted by Crippen LogP contribution is 2.11. The van der Waals surface area contributed by atoms with Gasteiger partial charge in [-0.15, -0.1) is 0 Å². The predicted molar refractivity (Wildman–Crippen MR) is 120 cm³/mol. The molecular formula is C24H42O7.